The summed E-state index contributed by atoms with van der Waals surface area (Å²) in [7, 11) is 0. The second-order valence-corrected chi connectivity index (χ2v) is 7.69. The maximum absolute atomic E-state index is 13.9. The number of aromatic nitrogens is 2. The molecule has 0 saturated heterocycles. The number of hydrogen-bond acceptors (Lipinski definition) is 6. The summed E-state index contributed by atoms with van der Waals surface area (Å²) in [5.41, 5.74) is 7.78. The van der Waals surface area contributed by atoms with Crippen LogP contribution >= 0.6 is 0 Å². The number of rotatable bonds is 8. The van der Waals surface area contributed by atoms with E-state index in [4.69, 9.17) is 20.0 Å². The molecule has 4 aromatic rings. The number of nitrogens with zero attached hydrogens (tertiary/aromatic N) is 2. The fraction of sp³-hybridized carbons (Fsp3) is 0.160. The van der Waals surface area contributed by atoms with E-state index in [0.29, 0.717) is 22.4 Å². The zero-order valence-electron chi connectivity index (χ0n) is 18.1. The van der Waals surface area contributed by atoms with Crippen LogP contribution in [0.25, 0.3) is 22.6 Å². The molecule has 3 N–H and O–H groups in total. The minimum absolute atomic E-state index is 0.134. The number of alkyl halides is 3. The summed E-state index contributed by atoms with van der Waals surface area (Å²) in [5, 5.41) is 8.93. The van der Waals surface area contributed by atoms with Gasteiger partial charge in [0.15, 0.2) is 5.76 Å². The van der Waals surface area contributed by atoms with E-state index in [9.17, 15) is 18.0 Å². The Balaban J connectivity index is 1.55. The van der Waals surface area contributed by atoms with Crippen LogP contribution in [0.3, 0.4) is 0 Å². The first-order chi connectivity index (χ1) is 16.7. The highest BCUT2D eigenvalue weighted by Gasteiger charge is 2.45. The molecular formula is C25H20F3N3O4. The average Bonchev–Trinajstić information content (AvgIpc) is 3.33. The van der Waals surface area contributed by atoms with Crippen molar-refractivity contribution in [3.05, 3.63) is 90.4 Å². The number of nitrogens with two attached hydrogens (primary N) is 1. The largest absolute Gasteiger partial charge is 0.480 e. The van der Waals surface area contributed by atoms with Crippen LogP contribution in [0.5, 0.6) is 5.88 Å². The van der Waals surface area contributed by atoms with Crippen LogP contribution in [-0.2, 0) is 11.2 Å². The summed E-state index contributed by atoms with van der Waals surface area (Å²) in [6.07, 6.45) is -5.90. The highest BCUT2D eigenvalue weighted by molar-refractivity contribution is 5.73. The monoisotopic (exact) mass is 483 g/mol. The van der Waals surface area contributed by atoms with Gasteiger partial charge in [-0.25, -0.2) is 9.97 Å². The van der Waals surface area contributed by atoms with E-state index >= 15 is 0 Å². The van der Waals surface area contributed by atoms with Crippen LogP contribution in [0.15, 0.2) is 83.5 Å². The molecule has 2 aromatic heterocycles. The number of aliphatic carboxylic acids is 1. The van der Waals surface area contributed by atoms with E-state index in [1.54, 1.807) is 54.6 Å². The van der Waals surface area contributed by atoms with Gasteiger partial charge in [-0.2, -0.15) is 13.2 Å². The van der Waals surface area contributed by atoms with E-state index < -0.39 is 30.1 Å². The van der Waals surface area contributed by atoms with Crippen LogP contribution in [0, 0.1) is 0 Å². The molecule has 35 heavy (non-hydrogen) atoms. The lowest BCUT2D eigenvalue weighted by molar-refractivity contribution is -0.203. The van der Waals surface area contributed by atoms with E-state index in [-0.39, 0.29) is 18.1 Å². The maximum Gasteiger partial charge on any atom is 0.432 e. The van der Waals surface area contributed by atoms with E-state index in [1.807, 2.05) is 0 Å². The van der Waals surface area contributed by atoms with Gasteiger partial charge in [-0.1, -0.05) is 54.6 Å². The molecule has 0 fully saturated rings. The number of halogens is 3. The zero-order chi connectivity index (χ0) is 25.0. The molecule has 2 atom stereocenters. The van der Waals surface area contributed by atoms with Crippen molar-refractivity contribution in [1.82, 2.24) is 9.97 Å². The minimum Gasteiger partial charge on any atom is -0.480 e. The topological polar surface area (TPSA) is 111 Å². The van der Waals surface area contributed by atoms with Crippen molar-refractivity contribution in [2.45, 2.75) is 24.7 Å². The summed E-state index contributed by atoms with van der Waals surface area (Å²) in [4.78, 5) is 18.8. The summed E-state index contributed by atoms with van der Waals surface area (Å²) < 4.78 is 52.2. The summed E-state index contributed by atoms with van der Waals surface area (Å²) >= 11 is 0. The lowest BCUT2D eigenvalue weighted by Crippen LogP contribution is -2.32. The van der Waals surface area contributed by atoms with Crippen LogP contribution in [-0.4, -0.2) is 33.3 Å². The second-order valence-electron chi connectivity index (χ2n) is 7.69. The van der Waals surface area contributed by atoms with Gasteiger partial charge in [0.2, 0.25) is 5.88 Å². The number of benzene rings is 2. The molecule has 1 unspecified atom stereocenters. The zero-order valence-corrected chi connectivity index (χ0v) is 18.1. The van der Waals surface area contributed by atoms with Gasteiger partial charge in [0, 0.05) is 17.2 Å². The molecule has 2 heterocycles. The highest BCUT2D eigenvalue weighted by Crippen LogP contribution is 2.38. The van der Waals surface area contributed by atoms with Gasteiger partial charge in [0.1, 0.15) is 18.1 Å². The third-order valence-electron chi connectivity index (χ3n) is 5.14. The molecule has 2 aromatic carbocycles. The van der Waals surface area contributed by atoms with Crippen molar-refractivity contribution < 1.29 is 32.2 Å². The van der Waals surface area contributed by atoms with Gasteiger partial charge >= 0.3 is 12.1 Å². The molecule has 0 radical (unpaired) electrons. The predicted molar refractivity (Wildman–Crippen MR) is 120 cm³/mol. The number of ether oxygens (including phenoxy) is 1. The Hall–Kier alpha value is -4.18. The van der Waals surface area contributed by atoms with Crippen LogP contribution in [0.1, 0.15) is 17.4 Å². The Morgan fingerprint density at radius 2 is 1.71 bits per heavy atom. The molecule has 7 nitrogen and oxygen atoms in total. The molecule has 180 valence electrons. The maximum atomic E-state index is 13.9. The van der Waals surface area contributed by atoms with Gasteiger partial charge in [0.25, 0.3) is 6.10 Å². The predicted octanol–water partition coefficient (Wildman–Crippen LogP) is 5.04. The molecule has 0 bridgehead atoms. The third-order valence-corrected chi connectivity index (χ3v) is 5.14. The normalized spacial score (nSPS) is 13.3. The van der Waals surface area contributed by atoms with E-state index in [1.165, 1.54) is 18.2 Å². The Bertz CT molecular complexity index is 1290. The number of carbonyl (C=O) groups is 1. The number of hydrogen-bond donors (Lipinski definition) is 2. The summed E-state index contributed by atoms with van der Waals surface area (Å²) in [6, 6.07) is 18.4. The Labute approximate surface area is 198 Å². The smallest absolute Gasteiger partial charge is 0.432 e. The van der Waals surface area contributed by atoms with Crippen LogP contribution in [0.4, 0.5) is 13.2 Å². The SMILES string of the molecule is N[C@@H](Cc1ccc(-c2cc(OC(c3ccc(-c4ccccc4)o3)C(F)(F)F)ncn2)cc1)C(=O)O. The first-order valence-corrected chi connectivity index (χ1v) is 10.5. The summed E-state index contributed by atoms with van der Waals surface area (Å²) in [5.74, 6) is -1.52. The Morgan fingerprint density at radius 3 is 2.37 bits per heavy atom. The molecule has 0 aliphatic carbocycles. The van der Waals surface area contributed by atoms with Crippen molar-refractivity contribution >= 4 is 5.97 Å². The van der Waals surface area contributed by atoms with Crippen LogP contribution < -0.4 is 10.5 Å². The molecule has 0 aliphatic rings. The third kappa shape index (κ3) is 5.85. The minimum atomic E-state index is -4.76. The van der Waals surface area contributed by atoms with Crippen molar-refractivity contribution in [1.29, 1.82) is 0 Å². The molecule has 10 heteroatoms. The Kier molecular flexibility index (Phi) is 6.83. The second kappa shape index (κ2) is 9.98. The average molecular weight is 483 g/mol. The van der Waals surface area contributed by atoms with Crippen molar-refractivity contribution in [2.75, 3.05) is 0 Å². The van der Waals surface area contributed by atoms with Gasteiger partial charge in [-0.05, 0) is 24.1 Å². The van der Waals surface area contributed by atoms with Gasteiger partial charge < -0.3 is 20.0 Å². The van der Waals surface area contributed by atoms with Gasteiger partial charge in [-0.3, -0.25) is 4.79 Å². The molecule has 0 aliphatic heterocycles. The van der Waals surface area contributed by atoms with E-state index in [2.05, 4.69) is 9.97 Å². The van der Waals surface area contributed by atoms with Crippen molar-refractivity contribution in [3.8, 4) is 28.5 Å². The lowest BCUT2D eigenvalue weighted by Gasteiger charge is -2.19. The molecule has 0 saturated carbocycles. The standard InChI is InChI=1S/C25H20F3N3O4/c26-25(27,28)23(21-11-10-20(34-21)17-4-2-1-3-5-17)35-22-13-19(30-14-31-22)16-8-6-15(7-9-16)12-18(29)24(32)33/h1-11,13-14,18,23H,12,29H2,(H,32,33)/t18-,23?/m0/s1. The van der Waals surface area contributed by atoms with Crippen molar-refractivity contribution in [2.24, 2.45) is 5.73 Å². The fourth-order valence-electron chi connectivity index (χ4n) is 3.37. The van der Waals surface area contributed by atoms with Crippen molar-refractivity contribution in [3.63, 3.8) is 0 Å². The highest BCUT2D eigenvalue weighted by atomic mass is 19.4. The quantitative estimate of drug-likeness (QED) is 0.361. The molecule has 4 rings (SSSR count). The first-order valence-electron chi connectivity index (χ1n) is 10.5. The van der Waals surface area contributed by atoms with Gasteiger partial charge in [-0.15, -0.1) is 0 Å². The number of carboxylic acid groups (broad SMARTS) is 1. The lowest BCUT2D eigenvalue weighted by atomic mass is 10.0. The molecule has 0 spiro atoms. The first kappa shape index (κ1) is 24.0. The van der Waals surface area contributed by atoms with Gasteiger partial charge in [0.05, 0.1) is 5.69 Å². The van der Waals surface area contributed by atoms with E-state index in [0.717, 1.165) is 6.33 Å². The van der Waals surface area contributed by atoms with Crippen LogP contribution in [0.2, 0.25) is 0 Å². The molecule has 0 amide bonds. The molecular weight excluding hydrogens is 463 g/mol. The number of furan rings is 1. The number of carboxylic acids is 1. The summed E-state index contributed by atoms with van der Waals surface area (Å²) in [6.45, 7) is 0. The Morgan fingerprint density at radius 1 is 1.00 bits per heavy atom. The fourth-order valence-corrected chi connectivity index (χ4v) is 3.37.